The topological polar surface area (TPSA) is 86.8 Å². The van der Waals surface area contributed by atoms with Crippen LogP contribution in [0.15, 0.2) is 47.9 Å². The number of anilines is 1. The van der Waals surface area contributed by atoms with Crippen LogP contribution in [0, 0.1) is 6.92 Å². The fourth-order valence-electron chi connectivity index (χ4n) is 3.25. The van der Waals surface area contributed by atoms with Crippen LogP contribution >= 0.6 is 22.9 Å². The van der Waals surface area contributed by atoms with Crippen molar-refractivity contribution in [3.8, 4) is 11.5 Å². The summed E-state index contributed by atoms with van der Waals surface area (Å²) < 4.78 is 16.5. The summed E-state index contributed by atoms with van der Waals surface area (Å²) in [6, 6.07) is 11.0. The van der Waals surface area contributed by atoms with Gasteiger partial charge in [-0.2, -0.15) is 0 Å². The molecule has 34 heavy (non-hydrogen) atoms. The van der Waals surface area contributed by atoms with E-state index in [9.17, 15) is 9.59 Å². The van der Waals surface area contributed by atoms with Gasteiger partial charge in [0.1, 0.15) is 11.6 Å². The van der Waals surface area contributed by atoms with E-state index in [1.165, 1.54) is 17.4 Å². The second-order valence-corrected chi connectivity index (χ2v) is 8.94. The molecule has 1 aliphatic rings. The molecular weight excluding hydrogens is 476 g/mol. The second-order valence-electron chi connectivity index (χ2n) is 7.59. The van der Waals surface area contributed by atoms with Crippen molar-refractivity contribution >= 4 is 46.6 Å². The number of esters is 1. The lowest BCUT2D eigenvalue weighted by atomic mass is 10.2. The standard InChI is InChI=1S/C25H23ClN2O5S/c1-16-5-2-3-6-20(16)28-22(29)13-23-27-18(15-34-23)14-33-24(30)8-7-17-11-19(26)25-21(12-17)31-9-4-10-32-25/h2-3,5-8,11-12,15H,4,9-10,13-14H2,1H3,(H,28,29)/b8-7+. The van der Waals surface area contributed by atoms with E-state index in [-0.39, 0.29) is 18.9 Å². The lowest BCUT2D eigenvalue weighted by Crippen LogP contribution is -2.15. The normalized spacial score (nSPS) is 12.9. The molecule has 0 unspecified atom stereocenters. The number of hydrogen-bond acceptors (Lipinski definition) is 7. The summed E-state index contributed by atoms with van der Waals surface area (Å²) in [7, 11) is 0. The number of nitrogens with one attached hydrogen (secondary N) is 1. The highest BCUT2D eigenvalue weighted by Crippen LogP contribution is 2.38. The van der Waals surface area contributed by atoms with Crippen molar-refractivity contribution in [2.75, 3.05) is 18.5 Å². The number of aromatic nitrogens is 1. The Balaban J connectivity index is 1.28. The Morgan fingerprint density at radius 2 is 2.06 bits per heavy atom. The SMILES string of the molecule is Cc1ccccc1NC(=O)Cc1nc(COC(=O)/C=C/c2cc(Cl)c3c(c2)OCCCO3)cs1. The minimum Gasteiger partial charge on any atom is -0.489 e. The molecule has 0 bridgehead atoms. The van der Waals surface area contributed by atoms with Crippen LogP contribution in [0.3, 0.4) is 0 Å². The third-order valence-corrected chi connectivity index (χ3v) is 6.11. The van der Waals surface area contributed by atoms with Crippen LogP contribution in [-0.2, 0) is 27.4 Å². The fourth-order valence-corrected chi connectivity index (χ4v) is 4.30. The van der Waals surface area contributed by atoms with Crippen LogP contribution in [0.1, 0.15) is 28.2 Å². The summed E-state index contributed by atoms with van der Waals surface area (Å²) >= 11 is 7.63. The molecule has 176 valence electrons. The van der Waals surface area contributed by atoms with Crippen LogP contribution in [-0.4, -0.2) is 30.1 Å². The summed E-state index contributed by atoms with van der Waals surface area (Å²) in [6.45, 7) is 3.04. The van der Waals surface area contributed by atoms with Crippen molar-refractivity contribution in [1.82, 2.24) is 4.98 Å². The molecule has 2 aromatic carbocycles. The number of para-hydroxylation sites is 1. The molecule has 0 spiro atoms. The van der Waals surface area contributed by atoms with Gasteiger partial charge in [0.25, 0.3) is 0 Å². The van der Waals surface area contributed by atoms with Crippen LogP contribution < -0.4 is 14.8 Å². The first-order chi connectivity index (χ1) is 16.5. The number of nitrogens with zero attached hydrogens (tertiary/aromatic N) is 1. The molecule has 4 rings (SSSR count). The van der Waals surface area contributed by atoms with Gasteiger partial charge in [0.05, 0.1) is 30.4 Å². The predicted octanol–water partition coefficient (Wildman–Crippen LogP) is 5.20. The van der Waals surface area contributed by atoms with E-state index in [0.717, 1.165) is 17.7 Å². The van der Waals surface area contributed by atoms with Crippen molar-refractivity contribution < 1.29 is 23.8 Å². The summed E-state index contributed by atoms with van der Waals surface area (Å²) in [5.74, 6) is 0.407. The molecule has 1 aromatic heterocycles. The van der Waals surface area contributed by atoms with Gasteiger partial charge in [0.2, 0.25) is 5.91 Å². The Kier molecular flexibility index (Phi) is 7.82. The summed E-state index contributed by atoms with van der Waals surface area (Å²) in [6.07, 6.45) is 3.85. The molecule has 3 aromatic rings. The van der Waals surface area contributed by atoms with Crippen LogP contribution in [0.25, 0.3) is 6.08 Å². The quantitative estimate of drug-likeness (QED) is 0.355. The largest absolute Gasteiger partial charge is 0.489 e. The Labute approximate surface area is 206 Å². The molecule has 7 nitrogen and oxygen atoms in total. The van der Waals surface area contributed by atoms with Crippen LogP contribution in [0.4, 0.5) is 5.69 Å². The third-order valence-electron chi connectivity index (χ3n) is 4.93. The molecule has 1 aliphatic heterocycles. The van der Waals surface area contributed by atoms with E-state index >= 15 is 0 Å². The van der Waals surface area contributed by atoms with E-state index in [0.29, 0.717) is 46.0 Å². The van der Waals surface area contributed by atoms with E-state index < -0.39 is 5.97 Å². The first-order valence-electron chi connectivity index (χ1n) is 10.7. The van der Waals surface area contributed by atoms with Gasteiger partial charge in [-0.3, -0.25) is 4.79 Å². The number of fused-ring (bicyclic) bond motifs is 1. The van der Waals surface area contributed by atoms with E-state index in [2.05, 4.69) is 10.3 Å². The van der Waals surface area contributed by atoms with E-state index in [4.69, 9.17) is 25.8 Å². The maximum atomic E-state index is 12.3. The van der Waals surface area contributed by atoms with E-state index in [1.807, 2.05) is 31.2 Å². The van der Waals surface area contributed by atoms with Crippen LogP contribution in [0.2, 0.25) is 5.02 Å². The molecular formula is C25H23ClN2O5S. The highest BCUT2D eigenvalue weighted by Gasteiger charge is 2.15. The minimum absolute atomic E-state index is 0.0149. The molecule has 0 radical (unpaired) electrons. The first-order valence-corrected chi connectivity index (χ1v) is 12.0. The zero-order valence-electron chi connectivity index (χ0n) is 18.5. The molecule has 1 amide bonds. The molecule has 0 saturated carbocycles. The van der Waals surface area contributed by atoms with Gasteiger partial charge in [0.15, 0.2) is 11.5 Å². The monoisotopic (exact) mass is 498 g/mol. The molecule has 1 N–H and O–H groups in total. The lowest BCUT2D eigenvalue weighted by Gasteiger charge is -2.09. The Hall–Kier alpha value is -3.36. The second kappa shape index (κ2) is 11.2. The Morgan fingerprint density at radius 1 is 1.24 bits per heavy atom. The molecule has 2 heterocycles. The summed E-state index contributed by atoms with van der Waals surface area (Å²) in [4.78, 5) is 28.8. The number of rotatable bonds is 7. The van der Waals surface area contributed by atoms with Crippen molar-refractivity contribution in [2.45, 2.75) is 26.4 Å². The zero-order chi connectivity index (χ0) is 23.9. The molecule has 9 heteroatoms. The first kappa shape index (κ1) is 23.8. The highest BCUT2D eigenvalue weighted by molar-refractivity contribution is 7.09. The average Bonchev–Trinajstić information content (AvgIpc) is 3.11. The summed E-state index contributed by atoms with van der Waals surface area (Å²) in [5.41, 5.74) is 3.05. The average molecular weight is 499 g/mol. The molecule has 0 aliphatic carbocycles. The fraction of sp³-hybridized carbons (Fsp3) is 0.240. The lowest BCUT2D eigenvalue weighted by molar-refractivity contribution is -0.139. The van der Waals surface area contributed by atoms with Gasteiger partial charge in [-0.15, -0.1) is 11.3 Å². The van der Waals surface area contributed by atoms with Gasteiger partial charge in [-0.25, -0.2) is 9.78 Å². The van der Waals surface area contributed by atoms with Crippen LogP contribution in [0.5, 0.6) is 11.5 Å². The van der Waals surface area contributed by atoms with Gasteiger partial charge in [-0.05, 0) is 42.3 Å². The number of aryl methyl sites for hydroxylation is 1. The Morgan fingerprint density at radius 3 is 2.91 bits per heavy atom. The molecule has 0 saturated heterocycles. The highest BCUT2D eigenvalue weighted by atomic mass is 35.5. The van der Waals surface area contributed by atoms with Gasteiger partial charge in [-0.1, -0.05) is 29.8 Å². The van der Waals surface area contributed by atoms with Gasteiger partial charge in [0, 0.05) is 23.6 Å². The zero-order valence-corrected chi connectivity index (χ0v) is 20.1. The van der Waals surface area contributed by atoms with E-state index in [1.54, 1.807) is 23.6 Å². The van der Waals surface area contributed by atoms with Gasteiger partial charge < -0.3 is 19.5 Å². The molecule has 0 atom stereocenters. The van der Waals surface area contributed by atoms with Crippen molar-refractivity contribution in [3.63, 3.8) is 0 Å². The minimum atomic E-state index is -0.518. The van der Waals surface area contributed by atoms with Crippen molar-refractivity contribution in [2.24, 2.45) is 0 Å². The number of thiazole rings is 1. The Bertz CT molecular complexity index is 1220. The van der Waals surface area contributed by atoms with Crippen molar-refractivity contribution in [1.29, 1.82) is 0 Å². The number of hydrogen-bond donors (Lipinski definition) is 1. The van der Waals surface area contributed by atoms with Crippen molar-refractivity contribution in [3.05, 3.63) is 74.7 Å². The number of benzene rings is 2. The number of ether oxygens (including phenoxy) is 3. The predicted molar refractivity (Wildman–Crippen MR) is 132 cm³/mol. The number of amides is 1. The van der Waals surface area contributed by atoms with Gasteiger partial charge >= 0.3 is 5.97 Å². The number of carbonyl (C=O) groups excluding carboxylic acids is 2. The number of carbonyl (C=O) groups is 2. The summed E-state index contributed by atoms with van der Waals surface area (Å²) in [5, 5.41) is 5.73. The third kappa shape index (κ3) is 6.36. The smallest absolute Gasteiger partial charge is 0.331 e. The maximum absolute atomic E-state index is 12.3. The number of halogens is 1. The maximum Gasteiger partial charge on any atom is 0.331 e. The molecule has 0 fully saturated rings.